The van der Waals surface area contributed by atoms with E-state index in [2.05, 4.69) is 0 Å². The summed E-state index contributed by atoms with van der Waals surface area (Å²) >= 11 is 5.68. The number of carbonyl (C=O) groups is 1. The molecule has 0 saturated heterocycles. The number of hydrogen-bond donors (Lipinski definition) is 1. The lowest BCUT2D eigenvalue weighted by atomic mass is 10.2. The van der Waals surface area contributed by atoms with Gasteiger partial charge in [-0.3, -0.25) is 4.79 Å². The van der Waals surface area contributed by atoms with Crippen LogP contribution in [-0.4, -0.2) is 12.1 Å². The quantitative estimate of drug-likeness (QED) is 0.799. The summed E-state index contributed by atoms with van der Waals surface area (Å²) in [6.07, 6.45) is -4.89. The van der Waals surface area contributed by atoms with Gasteiger partial charge in [0.2, 0.25) is 0 Å². The summed E-state index contributed by atoms with van der Waals surface area (Å²) in [5.74, 6) is -2.01. The predicted molar refractivity (Wildman–Crippen MR) is 50.9 cm³/mol. The molecule has 0 spiro atoms. The van der Waals surface area contributed by atoms with E-state index in [0.29, 0.717) is 10.6 Å². The summed E-state index contributed by atoms with van der Waals surface area (Å²) < 4.78 is 35.8. The van der Waals surface area contributed by atoms with Crippen molar-refractivity contribution in [2.75, 3.05) is 5.32 Å². The van der Waals surface area contributed by atoms with Gasteiger partial charge in [0, 0.05) is 10.7 Å². The fourth-order valence-corrected chi connectivity index (χ4v) is 1.11. The first-order valence-electron chi connectivity index (χ1n) is 3.95. The maximum atomic E-state index is 11.9. The lowest BCUT2D eigenvalue weighted by Gasteiger charge is -2.10. The molecule has 1 aromatic carbocycles. The largest absolute Gasteiger partial charge is 0.471 e. The molecule has 1 aromatic rings. The molecule has 0 radical (unpaired) electrons. The maximum Gasteiger partial charge on any atom is 0.471 e. The van der Waals surface area contributed by atoms with E-state index in [4.69, 9.17) is 11.6 Å². The highest BCUT2D eigenvalue weighted by molar-refractivity contribution is 6.31. The Morgan fingerprint density at radius 2 is 2.00 bits per heavy atom. The van der Waals surface area contributed by atoms with Crippen LogP contribution in [0.5, 0.6) is 0 Å². The first kappa shape index (κ1) is 11.8. The minimum absolute atomic E-state index is 0.0600. The van der Waals surface area contributed by atoms with E-state index < -0.39 is 12.1 Å². The van der Waals surface area contributed by atoms with Gasteiger partial charge in [0.05, 0.1) is 0 Å². The van der Waals surface area contributed by atoms with E-state index in [1.165, 1.54) is 25.1 Å². The average molecular weight is 238 g/mol. The van der Waals surface area contributed by atoms with Gasteiger partial charge < -0.3 is 5.32 Å². The summed E-state index contributed by atoms with van der Waals surface area (Å²) in [6, 6.07) is 4.34. The van der Waals surface area contributed by atoms with E-state index in [1.807, 2.05) is 0 Å². The van der Waals surface area contributed by atoms with Crippen LogP contribution in [0.1, 0.15) is 5.56 Å². The second kappa shape index (κ2) is 4.10. The third-order valence-corrected chi connectivity index (χ3v) is 2.18. The van der Waals surface area contributed by atoms with Crippen LogP contribution in [0, 0.1) is 6.92 Å². The highest BCUT2D eigenvalue weighted by Gasteiger charge is 2.38. The summed E-state index contributed by atoms with van der Waals surface area (Å²) in [5.41, 5.74) is 0.460. The topological polar surface area (TPSA) is 29.1 Å². The number of alkyl halides is 3. The highest BCUT2D eigenvalue weighted by atomic mass is 35.5. The Balaban J connectivity index is 2.91. The van der Waals surface area contributed by atoms with E-state index in [1.54, 1.807) is 5.32 Å². The van der Waals surface area contributed by atoms with E-state index in [0.717, 1.165) is 0 Å². The molecule has 0 aromatic heterocycles. The van der Waals surface area contributed by atoms with Crippen LogP contribution >= 0.6 is 11.6 Å². The van der Waals surface area contributed by atoms with Crippen LogP contribution < -0.4 is 5.32 Å². The zero-order chi connectivity index (χ0) is 11.6. The molecule has 1 N–H and O–H groups in total. The van der Waals surface area contributed by atoms with Gasteiger partial charge in [0.1, 0.15) is 0 Å². The molecular weight excluding hydrogens is 231 g/mol. The molecule has 1 amide bonds. The molecule has 0 bridgehead atoms. The number of halogens is 4. The van der Waals surface area contributed by atoms with Gasteiger partial charge in [-0.25, -0.2) is 0 Å². The van der Waals surface area contributed by atoms with Crippen molar-refractivity contribution in [3.63, 3.8) is 0 Å². The first-order valence-corrected chi connectivity index (χ1v) is 4.33. The Morgan fingerprint density at radius 1 is 1.40 bits per heavy atom. The molecule has 0 heterocycles. The van der Waals surface area contributed by atoms with Crippen molar-refractivity contribution in [1.29, 1.82) is 0 Å². The van der Waals surface area contributed by atoms with Crippen molar-refractivity contribution in [2.24, 2.45) is 0 Å². The lowest BCUT2D eigenvalue weighted by molar-refractivity contribution is -0.167. The summed E-state index contributed by atoms with van der Waals surface area (Å²) in [4.78, 5) is 10.6. The van der Waals surface area contributed by atoms with E-state index in [9.17, 15) is 18.0 Å². The third-order valence-electron chi connectivity index (χ3n) is 1.77. The molecule has 0 atom stereocenters. The van der Waals surface area contributed by atoms with Crippen molar-refractivity contribution in [3.8, 4) is 0 Å². The molecule has 1 rings (SSSR count). The molecule has 15 heavy (non-hydrogen) atoms. The van der Waals surface area contributed by atoms with Crippen LogP contribution in [0.15, 0.2) is 18.2 Å². The Morgan fingerprint density at radius 3 is 2.53 bits per heavy atom. The Kier molecular flexibility index (Phi) is 3.24. The predicted octanol–water partition coefficient (Wildman–Crippen LogP) is 3.15. The molecule has 0 saturated carbocycles. The fourth-order valence-electron chi connectivity index (χ4n) is 0.936. The molecule has 0 unspecified atom stereocenters. The van der Waals surface area contributed by atoms with Crippen LogP contribution in [0.3, 0.4) is 0 Å². The molecule has 0 aliphatic carbocycles. The normalized spacial score (nSPS) is 11.3. The van der Waals surface area contributed by atoms with Gasteiger partial charge in [-0.2, -0.15) is 13.2 Å². The first-order chi connectivity index (χ1) is 6.82. The average Bonchev–Trinajstić information content (AvgIpc) is 2.11. The van der Waals surface area contributed by atoms with Gasteiger partial charge in [-0.1, -0.05) is 17.7 Å². The molecule has 6 heteroatoms. The Hall–Kier alpha value is -1.23. The van der Waals surface area contributed by atoms with Crippen molar-refractivity contribution < 1.29 is 18.0 Å². The van der Waals surface area contributed by atoms with Gasteiger partial charge >= 0.3 is 12.1 Å². The summed E-state index contributed by atoms with van der Waals surface area (Å²) in [7, 11) is 0. The van der Waals surface area contributed by atoms with Crippen molar-refractivity contribution in [2.45, 2.75) is 13.1 Å². The third kappa shape index (κ3) is 2.86. The van der Waals surface area contributed by atoms with Gasteiger partial charge in [0.15, 0.2) is 0 Å². The van der Waals surface area contributed by atoms with Crippen molar-refractivity contribution >= 4 is 23.2 Å². The minimum atomic E-state index is -4.89. The monoisotopic (exact) mass is 237 g/mol. The van der Waals surface area contributed by atoms with Crippen LogP contribution in [0.2, 0.25) is 5.02 Å². The smallest absolute Gasteiger partial charge is 0.318 e. The fraction of sp³-hybridized carbons (Fsp3) is 0.222. The Bertz CT molecular complexity index is 389. The van der Waals surface area contributed by atoms with E-state index >= 15 is 0 Å². The van der Waals surface area contributed by atoms with Crippen LogP contribution in [0.25, 0.3) is 0 Å². The molecule has 82 valence electrons. The SMILES string of the molecule is Cc1c(Cl)cccc1NC(=O)C(F)(F)F. The minimum Gasteiger partial charge on any atom is -0.318 e. The number of carbonyl (C=O) groups excluding carboxylic acids is 1. The number of benzene rings is 1. The second-order valence-corrected chi connectivity index (χ2v) is 3.27. The Labute approximate surface area is 89.0 Å². The molecule has 0 aliphatic rings. The zero-order valence-electron chi connectivity index (χ0n) is 7.65. The van der Waals surface area contributed by atoms with Crippen LogP contribution in [0.4, 0.5) is 18.9 Å². The number of anilines is 1. The van der Waals surface area contributed by atoms with Gasteiger partial charge in [-0.05, 0) is 24.6 Å². The second-order valence-electron chi connectivity index (χ2n) is 2.86. The molecule has 0 fully saturated rings. The molecular formula is C9H7ClF3NO. The lowest BCUT2D eigenvalue weighted by Crippen LogP contribution is -2.30. The zero-order valence-corrected chi connectivity index (χ0v) is 8.41. The van der Waals surface area contributed by atoms with Crippen LogP contribution in [-0.2, 0) is 4.79 Å². The molecule has 0 aliphatic heterocycles. The standard InChI is InChI=1S/C9H7ClF3NO/c1-5-6(10)3-2-4-7(5)14-8(15)9(11,12)13/h2-4H,1H3,(H,14,15). The number of nitrogens with one attached hydrogen (secondary N) is 1. The van der Waals surface area contributed by atoms with Gasteiger partial charge in [-0.15, -0.1) is 0 Å². The van der Waals surface area contributed by atoms with Crippen molar-refractivity contribution in [3.05, 3.63) is 28.8 Å². The highest BCUT2D eigenvalue weighted by Crippen LogP contribution is 2.25. The number of hydrogen-bond acceptors (Lipinski definition) is 1. The number of amides is 1. The van der Waals surface area contributed by atoms with Crippen molar-refractivity contribution in [1.82, 2.24) is 0 Å². The van der Waals surface area contributed by atoms with E-state index in [-0.39, 0.29) is 5.69 Å². The maximum absolute atomic E-state index is 11.9. The molecule has 2 nitrogen and oxygen atoms in total. The summed E-state index contributed by atoms with van der Waals surface area (Å²) in [5, 5.41) is 2.04. The van der Waals surface area contributed by atoms with Gasteiger partial charge in [0.25, 0.3) is 0 Å². The number of rotatable bonds is 1. The summed E-state index contributed by atoms with van der Waals surface area (Å²) in [6.45, 7) is 1.52.